The Kier molecular flexibility index (Phi) is 3.52. The van der Waals surface area contributed by atoms with Gasteiger partial charge in [-0.2, -0.15) is 0 Å². The topological polar surface area (TPSA) is 92.8 Å². The zero-order valence-electron chi connectivity index (χ0n) is 11.2. The number of carbonyl (C=O) groups is 1. The van der Waals surface area contributed by atoms with Gasteiger partial charge < -0.3 is 20.7 Å². The highest BCUT2D eigenvalue weighted by molar-refractivity contribution is 5.97. The van der Waals surface area contributed by atoms with E-state index in [2.05, 4.69) is 0 Å². The molecule has 0 bridgehead atoms. The molecular weight excluding hydrogens is 258 g/mol. The Balaban J connectivity index is 2.35. The SMILES string of the molecule is Cc1cc(Oc2cc(C)c(C(N)=O)c(O)c2)ccc1O. The van der Waals surface area contributed by atoms with Gasteiger partial charge >= 0.3 is 0 Å². The number of primary amides is 1. The number of phenols is 2. The summed E-state index contributed by atoms with van der Waals surface area (Å²) < 4.78 is 5.59. The summed E-state index contributed by atoms with van der Waals surface area (Å²) in [5, 5.41) is 19.2. The lowest BCUT2D eigenvalue weighted by atomic mass is 10.1. The monoisotopic (exact) mass is 273 g/mol. The number of ether oxygens (including phenoxy) is 1. The van der Waals surface area contributed by atoms with Crippen molar-refractivity contribution < 1.29 is 19.7 Å². The van der Waals surface area contributed by atoms with Crippen molar-refractivity contribution in [1.29, 1.82) is 0 Å². The molecule has 0 fully saturated rings. The maximum Gasteiger partial charge on any atom is 0.252 e. The molecule has 104 valence electrons. The summed E-state index contributed by atoms with van der Waals surface area (Å²) in [5.74, 6) is 0.177. The molecule has 0 atom stereocenters. The van der Waals surface area contributed by atoms with Gasteiger partial charge in [0.05, 0.1) is 5.56 Å². The minimum absolute atomic E-state index is 0.0826. The number of carbonyl (C=O) groups excluding carboxylic acids is 1. The van der Waals surface area contributed by atoms with Crippen LogP contribution in [0.15, 0.2) is 30.3 Å². The summed E-state index contributed by atoms with van der Waals surface area (Å²) >= 11 is 0. The lowest BCUT2D eigenvalue weighted by Gasteiger charge is -2.11. The van der Waals surface area contributed by atoms with Gasteiger partial charge in [-0.05, 0) is 49.2 Å². The van der Waals surface area contributed by atoms with Crippen LogP contribution in [0.5, 0.6) is 23.0 Å². The van der Waals surface area contributed by atoms with E-state index < -0.39 is 5.91 Å². The van der Waals surface area contributed by atoms with E-state index in [-0.39, 0.29) is 17.1 Å². The van der Waals surface area contributed by atoms with E-state index in [9.17, 15) is 15.0 Å². The molecule has 0 aliphatic heterocycles. The smallest absolute Gasteiger partial charge is 0.252 e. The normalized spacial score (nSPS) is 10.3. The van der Waals surface area contributed by atoms with Crippen LogP contribution in [0.25, 0.3) is 0 Å². The number of phenolic OH excluding ortho intramolecular Hbond substituents is 1. The Hall–Kier alpha value is -2.69. The summed E-state index contributed by atoms with van der Waals surface area (Å²) in [5.41, 5.74) is 6.48. The number of hydrogen-bond acceptors (Lipinski definition) is 4. The summed E-state index contributed by atoms with van der Waals surface area (Å²) in [6, 6.07) is 7.74. The molecular formula is C15H15NO4. The molecule has 0 heterocycles. The highest BCUT2D eigenvalue weighted by atomic mass is 16.5. The minimum Gasteiger partial charge on any atom is -0.508 e. The molecule has 2 aromatic carbocycles. The van der Waals surface area contributed by atoms with E-state index in [1.165, 1.54) is 12.1 Å². The number of hydrogen-bond donors (Lipinski definition) is 3. The van der Waals surface area contributed by atoms with Crippen LogP contribution in [0.3, 0.4) is 0 Å². The zero-order chi connectivity index (χ0) is 14.9. The molecule has 2 aromatic rings. The Morgan fingerprint density at radius 3 is 2.20 bits per heavy atom. The number of nitrogens with two attached hydrogens (primary N) is 1. The lowest BCUT2D eigenvalue weighted by molar-refractivity contribution is 0.0997. The summed E-state index contributed by atoms with van der Waals surface area (Å²) in [6.07, 6.45) is 0. The lowest BCUT2D eigenvalue weighted by Crippen LogP contribution is -2.12. The Bertz CT molecular complexity index is 657. The number of amides is 1. The second-order valence-electron chi connectivity index (χ2n) is 4.55. The van der Waals surface area contributed by atoms with E-state index in [1.54, 1.807) is 32.0 Å². The van der Waals surface area contributed by atoms with Crippen LogP contribution in [0.4, 0.5) is 0 Å². The molecule has 4 N–H and O–H groups in total. The van der Waals surface area contributed by atoms with Crippen molar-refractivity contribution in [3.63, 3.8) is 0 Å². The largest absolute Gasteiger partial charge is 0.508 e. The average Bonchev–Trinajstić information content (AvgIpc) is 2.32. The molecule has 0 radical (unpaired) electrons. The zero-order valence-corrected chi connectivity index (χ0v) is 11.2. The summed E-state index contributed by atoms with van der Waals surface area (Å²) in [7, 11) is 0. The first kappa shape index (κ1) is 13.7. The van der Waals surface area contributed by atoms with Crippen LogP contribution >= 0.6 is 0 Å². The van der Waals surface area contributed by atoms with Crippen molar-refractivity contribution >= 4 is 5.91 Å². The fourth-order valence-corrected chi connectivity index (χ4v) is 1.94. The highest BCUT2D eigenvalue weighted by Gasteiger charge is 2.13. The molecule has 5 nitrogen and oxygen atoms in total. The fourth-order valence-electron chi connectivity index (χ4n) is 1.94. The van der Waals surface area contributed by atoms with Gasteiger partial charge in [0.15, 0.2) is 0 Å². The molecule has 5 heteroatoms. The van der Waals surface area contributed by atoms with Crippen molar-refractivity contribution in [2.45, 2.75) is 13.8 Å². The van der Waals surface area contributed by atoms with Gasteiger partial charge in [-0.15, -0.1) is 0 Å². The van der Waals surface area contributed by atoms with Crippen LogP contribution in [0.1, 0.15) is 21.5 Å². The summed E-state index contributed by atoms with van der Waals surface area (Å²) in [4.78, 5) is 11.2. The third kappa shape index (κ3) is 2.66. The van der Waals surface area contributed by atoms with Crippen LogP contribution in [-0.4, -0.2) is 16.1 Å². The van der Waals surface area contributed by atoms with Crippen LogP contribution < -0.4 is 10.5 Å². The van der Waals surface area contributed by atoms with E-state index >= 15 is 0 Å². The Morgan fingerprint density at radius 1 is 1.00 bits per heavy atom. The van der Waals surface area contributed by atoms with E-state index in [0.717, 1.165) is 0 Å². The number of aromatic hydroxyl groups is 2. The molecule has 0 aromatic heterocycles. The third-order valence-corrected chi connectivity index (χ3v) is 2.94. The third-order valence-electron chi connectivity index (χ3n) is 2.94. The second-order valence-corrected chi connectivity index (χ2v) is 4.55. The molecule has 20 heavy (non-hydrogen) atoms. The van der Waals surface area contributed by atoms with Gasteiger partial charge in [0.2, 0.25) is 0 Å². The van der Waals surface area contributed by atoms with Crippen molar-refractivity contribution in [3.8, 4) is 23.0 Å². The van der Waals surface area contributed by atoms with E-state index in [0.29, 0.717) is 22.6 Å². The van der Waals surface area contributed by atoms with Gasteiger partial charge in [-0.25, -0.2) is 0 Å². The number of aryl methyl sites for hydroxylation is 2. The quantitative estimate of drug-likeness (QED) is 0.801. The van der Waals surface area contributed by atoms with Gasteiger partial charge in [-0.1, -0.05) is 0 Å². The van der Waals surface area contributed by atoms with Gasteiger partial charge in [0, 0.05) is 6.07 Å². The Morgan fingerprint density at radius 2 is 1.65 bits per heavy atom. The molecule has 0 saturated carbocycles. The van der Waals surface area contributed by atoms with Crippen molar-refractivity contribution in [3.05, 3.63) is 47.0 Å². The van der Waals surface area contributed by atoms with Gasteiger partial charge in [-0.3, -0.25) is 4.79 Å². The van der Waals surface area contributed by atoms with Crippen LogP contribution in [0.2, 0.25) is 0 Å². The number of benzene rings is 2. The first-order valence-electron chi connectivity index (χ1n) is 5.99. The van der Waals surface area contributed by atoms with Crippen LogP contribution in [-0.2, 0) is 0 Å². The van der Waals surface area contributed by atoms with Gasteiger partial charge in [0.25, 0.3) is 5.91 Å². The highest BCUT2D eigenvalue weighted by Crippen LogP contribution is 2.31. The molecule has 0 spiro atoms. The fraction of sp³-hybridized carbons (Fsp3) is 0.133. The molecule has 2 rings (SSSR count). The van der Waals surface area contributed by atoms with Crippen LogP contribution in [0, 0.1) is 13.8 Å². The van der Waals surface area contributed by atoms with Crippen molar-refractivity contribution in [2.24, 2.45) is 5.73 Å². The van der Waals surface area contributed by atoms with Crippen molar-refractivity contribution in [1.82, 2.24) is 0 Å². The molecule has 1 amide bonds. The average molecular weight is 273 g/mol. The van der Waals surface area contributed by atoms with Crippen molar-refractivity contribution in [2.75, 3.05) is 0 Å². The maximum atomic E-state index is 11.2. The van der Waals surface area contributed by atoms with Gasteiger partial charge in [0.1, 0.15) is 23.0 Å². The predicted molar refractivity (Wildman–Crippen MR) is 74.3 cm³/mol. The summed E-state index contributed by atoms with van der Waals surface area (Å²) in [6.45, 7) is 3.41. The van der Waals surface area contributed by atoms with E-state index in [4.69, 9.17) is 10.5 Å². The standard InChI is InChI=1S/C15H15NO4/c1-8-5-10(3-4-12(8)17)20-11-6-9(2)14(15(16)19)13(18)7-11/h3-7,17-18H,1-2H3,(H2,16,19). The molecule has 0 saturated heterocycles. The number of rotatable bonds is 3. The molecule has 0 unspecified atom stereocenters. The van der Waals surface area contributed by atoms with E-state index in [1.807, 2.05) is 0 Å². The minimum atomic E-state index is -0.688. The predicted octanol–water partition coefficient (Wildman–Crippen LogP) is 2.61. The Labute approximate surface area is 116 Å². The first-order chi connectivity index (χ1) is 9.38. The molecule has 0 aliphatic rings. The maximum absolute atomic E-state index is 11.2. The second kappa shape index (κ2) is 5.13. The first-order valence-corrected chi connectivity index (χ1v) is 5.99. The molecule has 0 aliphatic carbocycles.